The predicted molar refractivity (Wildman–Crippen MR) is 100 cm³/mol. The number of hydrogen-bond acceptors (Lipinski definition) is 5. The molecule has 140 valence electrons. The third kappa shape index (κ3) is 4.09. The summed E-state index contributed by atoms with van der Waals surface area (Å²) in [7, 11) is 0. The Morgan fingerprint density at radius 3 is 2.62 bits per heavy atom. The van der Waals surface area contributed by atoms with Crippen LogP contribution < -0.4 is 3.53 Å². The van der Waals surface area contributed by atoms with Crippen LogP contribution in [0.25, 0.3) is 0 Å². The van der Waals surface area contributed by atoms with Crippen LogP contribution in [0.1, 0.15) is 46.5 Å². The number of rotatable bonds is 5. The zero-order valence-electron chi connectivity index (χ0n) is 15.0. The van der Waals surface area contributed by atoms with E-state index in [9.17, 15) is 5.11 Å². The van der Waals surface area contributed by atoms with Gasteiger partial charge in [-0.1, -0.05) is 20.3 Å². The first-order valence-electron chi connectivity index (χ1n) is 9.45. The molecule has 2 heterocycles. The second-order valence-corrected chi connectivity index (χ2v) is 8.80. The third-order valence-corrected chi connectivity index (χ3v) is 6.84. The molecule has 0 aromatic carbocycles. The van der Waals surface area contributed by atoms with Crippen molar-refractivity contribution in [1.82, 2.24) is 3.53 Å². The first-order chi connectivity index (χ1) is 11.5. The summed E-state index contributed by atoms with van der Waals surface area (Å²) in [5.74, 6) is 2.90. The molecule has 0 radical (unpaired) electrons. The van der Waals surface area contributed by atoms with Crippen molar-refractivity contribution in [2.45, 2.75) is 71.2 Å². The molecular weight excluding hydrogens is 421 g/mol. The van der Waals surface area contributed by atoms with E-state index in [4.69, 9.17) is 14.2 Å². The minimum absolute atomic E-state index is 0.152. The SMILES string of the molecule is C[C@@H]1CCC2C3C1CC[C@H](C)O[C@@H]3O[C@H](OCC(O)CNI)[C@@H]2C. The van der Waals surface area contributed by atoms with Crippen LogP contribution in [0.5, 0.6) is 0 Å². The summed E-state index contributed by atoms with van der Waals surface area (Å²) in [5, 5.41) is 9.92. The van der Waals surface area contributed by atoms with Gasteiger partial charge in [-0.25, -0.2) is 0 Å². The molecule has 4 unspecified atom stereocenters. The lowest BCUT2D eigenvalue weighted by Gasteiger charge is -2.51. The highest BCUT2D eigenvalue weighted by atomic mass is 127. The average Bonchev–Trinajstić information content (AvgIpc) is 2.71. The van der Waals surface area contributed by atoms with Crippen LogP contribution in [0.2, 0.25) is 0 Å². The Morgan fingerprint density at radius 2 is 1.88 bits per heavy atom. The Hall–Kier alpha value is 0.530. The monoisotopic (exact) mass is 453 g/mol. The van der Waals surface area contributed by atoms with Gasteiger partial charge in [-0.2, -0.15) is 0 Å². The second kappa shape index (κ2) is 8.48. The van der Waals surface area contributed by atoms with Crippen molar-refractivity contribution in [3.05, 3.63) is 0 Å². The Bertz CT molecular complexity index is 412. The van der Waals surface area contributed by atoms with Crippen molar-refractivity contribution in [2.75, 3.05) is 13.2 Å². The van der Waals surface area contributed by atoms with Gasteiger partial charge in [0.25, 0.3) is 0 Å². The average molecular weight is 453 g/mol. The summed E-state index contributed by atoms with van der Waals surface area (Å²) in [6.07, 6.45) is 4.21. The van der Waals surface area contributed by atoms with E-state index in [0.29, 0.717) is 36.8 Å². The van der Waals surface area contributed by atoms with E-state index in [1.165, 1.54) is 19.3 Å². The molecule has 3 fully saturated rings. The van der Waals surface area contributed by atoms with E-state index in [1.54, 1.807) is 0 Å². The van der Waals surface area contributed by atoms with Gasteiger partial charge < -0.3 is 19.3 Å². The Labute approximate surface area is 159 Å². The van der Waals surface area contributed by atoms with Crippen molar-refractivity contribution < 1.29 is 19.3 Å². The number of aliphatic hydroxyl groups excluding tert-OH is 1. The molecule has 0 aromatic rings. The molecule has 0 spiro atoms. The predicted octanol–water partition coefficient (Wildman–Crippen LogP) is 3.10. The molecule has 6 heteroatoms. The lowest BCUT2D eigenvalue weighted by atomic mass is 9.61. The number of halogens is 1. The maximum atomic E-state index is 9.92. The summed E-state index contributed by atoms with van der Waals surface area (Å²) in [5.41, 5.74) is 0. The topological polar surface area (TPSA) is 60.0 Å². The number of nitrogens with one attached hydrogen (secondary N) is 1. The Balaban J connectivity index is 1.71. The van der Waals surface area contributed by atoms with Crippen molar-refractivity contribution in [3.8, 4) is 0 Å². The van der Waals surface area contributed by atoms with Gasteiger partial charge in [-0.05, 0) is 43.9 Å². The number of ether oxygens (including phenoxy) is 3. The molecule has 0 bridgehead atoms. The molecule has 0 aromatic heterocycles. The molecule has 0 amide bonds. The summed E-state index contributed by atoms with van der Waals surface area (Å²) >= 11 is 2.04. The van der Waals surface area contributed by atoms with E-state index in [1.807, 2.05) is 22.9 Å². The fourth-order valence-electron chi connectivity index (χ4n) is 4.99. The lowest BCUT2D eigenvalue weighted by molar-refractivity contribution is -0.336. The fraction of sp³-hybridized carbons (Fsp3) is 1.00. The summed E-state index contributed by atoms with van der Waals surface area (Å²) < 4.78 is 21.4. The van der Waals surface area contributed by atoms with Gasteiger partial charge in [0.05, 0.1) is 18.8 Å². The Kier molecular flexibility index (Phi) is 6.82. The third-order valence-electron chi connectivity index (χ3n) is 6.40. The van der Waals surface area contributed by atoms with Crippen molar-refractivity contribution in [1.29, 1.82) is 0 Å². The Morgan fingerprint density at radius 1 is 1.12 bits per heavy atom. The van der Waals surface area contributed by atoms with E-state index in [0.717, 1.165) is 12.3 Å². The van der Waals surface area contributed by atoms with Crippen molar-refractivity contribution >= 4 is 22.9 Å². The molecule has 2 aliphatic heterocycles. The first-order valence-corrected chi connectivity index (χ1v) is 10.5. The quantitative estimate of drug-likeness (QED) is 0.495. The highest BCUT2D eigenvalue weighted by Crippen LogP contribution is 2.52. The fourth-order valence-corrected chi connectivity index (χ4v) is 5.50. The molecular formula is C18H32INO4. The second-order valence-electron chi connectivity index (χ2n) is 8.04. The highest BCUT2D eigenvalue weighted by molar-refractivity contribution is 14.1. The molecule has 24 heavy (non-hydrogen) atoms. The van der Waals surface area contributed by atoms with Gasteiger partial charge >= 0.3 is 0 Å². The molecule has 9 atom stereocenters. The normalized spacial score (nSPS) is 46.9. The standard InChI is InChI=1S/C18H32INO4/c1-10-4-6-15-12(3)17(22-9-13(21)8-20-19)24-18-16(15)14(10)7-5-11(2)23-18/h10-18,20-21H,4-9H2,1-3H3/t10-,11+,12-,13?,14?,15?,16?,17+,18-/m1/s1. The van der Waals surface area contributed by atoms with E-state index in [2.05, 4.69) is 24.3 Å². The lowest BCUT2D eigenvalue weighted by Crippen LogP contribution is -2.54. The molecule has 2 saturated heterocycles. The number of hydrogen-bond donors (Lipinski definition) is 2. The van der Waals surface area contributed by atoms with E-state index >= 15 is 0 Å². The van der Waals surface area contributed by atoms with Gasteiger partial charge in [0.1, 0.15) is 0 Å². The van der Waals surface area contributed by atoms with Crippen LogP contribution in [0, 0.1) is 29.6 Å². The molecule has 5 nitrogen and oxygen atoms in total. The highest BCUT2D eigenvalue weighted by Gasteiger charge is 2.52. The van der Waals surface area contributed by atoms with E-state index < -0.39 is 6.10 Å². The smallest absolute Gasteiger partial charge is 0.164 e. The number of aliphatic hydroxyl groups is 1. The van der Waals surface area contributed by atoms with Crippen LogP contribution in [0.3, 0.4) is 0 Å². The minimum atomic E-state index is -0.511. The van der Waals surface area contributed by atoms with Crippen LogP contribution in [-0.4, -0.2) is 43.0 Å². The first kappa shape index (κ1) is 19.3. The minimum Gasteiger partial charge on any atom is -0.389 e. The zero-order valence-corrected chi connectivity index (χ0v) is 17.1. The maximum absolute atomic E-state index is 9.92. The van der Waals surface area contributed by atoms with Crippen LogP contribution in [-0.2, 0) is 14.2 Å². The van der Waals surface area contributed by atoms with Crippen LogP contribution in [0.4, 0.5) is 0 Å². The molecule has 3 rings (SSSR count). The molecule has 1 saturated carbocycles. The van der Waals surface area contributed by atoms with Gasteiger partial charge in [0.2, 0.25) is 0 Å². The molecule has 3 aliphatic rings. The maximum Gasteiger partial charge on any atom is 0.164 e. The van der Waals surface area contributed by atoms with Gasteiger partial charge in [0.15, 0.2) is 12.6 Å². The summed E-state index contributed by atoms with van der Waals surface area (Å²) in [6.45, 7) is 7.61. The van der Waals surface area contributed by atoms with Crippen molar-refractivity contribution in [2.24, 2.45) is 29.6 Å². The van der Waals surface area contributed by atoms with E-state index in [-0.39, 0.29) is 18.7 Å². The van der Waals surface area contributed by atoms with Crippen molar-refractivity contribution in [3.63, 3.8) is 0 Å². The van der Waals surface area contributed by atoms with Gasteiger partial charge in [0, 0.05) is 41.2 Å². The summed E-state index contributed by atoms with van der Waals surface area (Å²) in [6, 6.07) is 0. The van der Waals surface area contributed by atoms with Crippen LogP contribution in [0.15, 0.2) is 0 Å². The molecule has 2 N–H and O–H groups in total. The van der Waals surface area contributed by atoms with Gasteiger partial charge in [-0.3, -0.25) is 3.53 Å². The molecule has 1 aliphatic carbocycles. The zero-order chi connectivity index (χ0) is 17.3. The largest absolute Gasteiger partial charge is 0.389 e. The van der Waals surface area contributed by atoms with Crippen LogP contribution >= 0.6 is 22.9 Å². The summed E-state index contributed by atoms with van der Waals surface area (Å²) in [4.78, 5) is 0. The van der Waals surface area contributed by atoms with Gasteiger partial charge in [-0.15, -0.1) is 0 Å².